The Labute approximate surface area is 358 Å². The first kappa shape index (κ1) is 55.3. The third kappa shape index (κ3) is 27.2. The van der Waals surface area contributed by atoms with E-state index in [0.717, 1.165) is 51.4 Å². The first-order chi connectivity index (χ1) is 28.8. The Kier molecular flexibility index (Phi) is 32.0. The smallest absolute Gasteiger partial charge is 0.462 e. The number of hydrogen-bond donors (Lipinski definition) is 7. The summed E-state index contributed by atoms with van der Waals surface area (Å²) in [6.45, 7) is 3.01. The molecular formula is C45H75O14P. The summed E-state index contributed by atoms with van der Waals surface area (Å²) in [7, 11) is -5.15. The van der Waals surface area contributed by atoms with Gasteiger partial charge >= 0.3 is 19.8 Å². The van der Waals surface area contributed by atoms with Gasteiger partial charge in [0.2, 0.25) is 0 Å². The van der Waals surface area contributed by atoms with Crippen molar-refractivity contribution in [1.82, 2.24) is 0 Å². The van der Waals surface area contributed by atoms with Crippen molar-refractivity contribution in [3.63, 3.8) is 0 Å². The van der Waals surface area contributed by atoms with Gasteiger partial charge in [-0.05, 0) is 70.6 Å². The van der Waals surface area contributed by atoms with Gasteiger partial charge in [-0.1, -0.05) is 125 Å². The average molecular weight is 871 g/mol. The molecule has 1 aliphatic carbocycles. The van der Waals surface area contributed by atoms with Crippen LogP contribution in [0.4, 0.5) is 0 Å². The minimum atomic E-state index is -5.15. The molecule has 1 saturated carbocycles. The number of carbonyl (C=O) groups excluding carboxylic acids is 2. The number of aliphatic hydroxyl groups is 6. The number of esters is 2. The molecule has 344 valence electrons. The van der Waals surface area contributed by atoms with E-state index < -0.39 is 81.8 Å². The van der Waals surface area contributed by atoms with Crippen LogP contribution in [0, 0.1) is 0 Å². The summed E-state index contributed by atoms with van der Waals surface area (Å²) in [5.41, 5.74) is 0. The number of allylic oxidation sites excluding steroid dienone is 10. The first-order valence-electron chi connectivity index (χ1n) is 21.8. The Morgan fingerprint density at radius 2 is 1.17 bits per heavy atom. The average Bonchev–Trinajstić information content (AvgIpc) is 3.22. The number of rotatable bonds is 34. The van der Waals surface area contributed by atoms with Gasteiger partial charge in [0.25, 0.3) is 0 Å². The molecule has 0 heterocycles. The topological polar surface area (TPSA) is 230 Å². The highest BCUT2D eigenvalue weighted by Gasteiger charge is 2.51. The molecule has 1 rings (SSSR count). The van der Waals surface area contributed by atoms with Gasteiger partial charge in [0, 0.05) is 12.8 Å². The number of hydrogen-bond acceptors (Lipinski definition) is 13. The van der Waals surface area contributed by atoms with E-state index in [0.29, 0.717) is 32.1 Å². The lowest BCUT2D eigenvalue weighted by Gasteiger charge is -2.41. The predicted octanol–water partition coefficient (Wildman–Crippen LogP) is 6.91. The highest BCUT2D eigenvalue weighted by molar-refractivity contribution is 7.47. The van der Waals surface area contributed by atoms with Crippen molar-refractivity contribution in [2.24, 2.45) is 0 Å². The van der Waals surface area contributed by atoms with E-state index >= 15 is 0 Å². The van der Waals surface area contributed by atoms with Crippen LogP contribution in [-0.4, -0.2) is 110 Å². The normalized spacial score (nSPS) is 23.4. The van der Waals surface area contributed by atoms with Crippen LogP contribution < -0.4 is 0 Å². The molecule has 0 bridgehead atoms. The molecule has 0 spiro atoms. The fourth-order valence-corrected chi connectivity index (χ4v) is 7.02. The number of phosphoric acid groups is 1. The van der Waals surface area contributed by atoms with Gasteiger partial charge in [0.05, 0.1) is 12.7 Å². The highest BCUT2D eigenvalue weighted by atomic mass is 31.2. The van der Waals surface area contributed by atoms with Crippen LogP contribution in [0.3, 0.4) is 0 Å². The van der Waals surface area contributed by atoms with Crippen molar-refractivity contribution in [2.75, 3.05) is 13.2 Å². The van der Waals surface area contributed by atoms with Crippen molar-refractivity contribution < 1.29 is 68.2 Å². The third-order valence-corrected chi connectivity index (χ3v) is 10.6. The number of aliphatic hydroxyl groups excluding tert-OH is 6. The lowest BCUT2D eigenvalue weighted by atomic mass is 9.85. The molecule has 0 aliphatic heterocycles. The van der Waals surface area contributed by atoms with Crippen LogP contribution in [0.2, 0.25) is 0 Å². The fraction of sp³-hybridized carbons (Fsp3) is 0.689. The zero-order valence-corrected chi connectivity index (χ0v) is 36.7. The summed E-state index contributed by atoms with van der Waals surface area (Å²) >= 11 is 0. The van der Waals surface area contributed by atoms with E-state index in [9.17, 15) is 49.7 Å². The molecule has 0 radical (unpaired) electrons. The Balaban J connectivity index is 2.58. The van der Waals surface area contributed by atoms with Crippen LogP contribution in [0.5, 0.6) is 0 Å². The van der Waals surface area contributed by atoms with Crippen molar-refractivity contribution in [3.8, 4) is 0 Å². The number of carbonyl (C=O) groups is 2. The second-order valence-corrected chi connectivity index (χ2v) is 16.4. The molecule has 9 atom stereocenters. The summed E-state index contributed by atoms with van der Waals surface area (Å²) in [5.74, 6) is -1.23. The summed E-state index contributed by atoms with van der Waals surface area (Å²) in [6, 6.07) is 0. The SMILES string of the molecule is CC/C=C\C/C=C\CC(O)/C=C/C=C\C/C=C\CCCC(=O)O[C@H](COC(=O)CCCCCCC/C=C\CCCCCC)COP(=O)(O)OC1[C@H](O)[C@H](O)C(O)[C@H](O)[C@H]1O. The molecule has 0 aromatic carbocycles. The molecule has 0 aromatic heterocycles. The Bertz CT molecular complexity index is 1340. The van der Waals surface area contributed by atoms with Gasteiger partial charge in [-0.2, -0.15) is 0 Å². The van der Waals surface area contributed by atoms with E-state index in [1.807, 2.05) is 36.5 Å². The molecular weight excluding hydrogens is 795 g/mol. The minimum absolute atomic E-state index is 0.0187. The quantitative estimate of drug-likeness (QED) is 0.0115. The molecule has 7 N–H and O–H groups in total. The minimum Gasteiger partial charge on any atom is -0.462 e. The van der Waals surface area contributed by atoms with Crippen molar-refractivity contribution in [3.05, 3.63) is 72.9 Å². The van der Waals surface area contributed by atoms with E-state index in [4.69, 9.17) is 18.5 Å². The standard InChI is InChI=1S/C45H75O14P/c1-3-5-7-9-11-12-13-14-15-16-20-24-28-32-38(47)56-34-37(35-57-60(54,55)59-45-43(52)41(50)40(49)42(51)44(45)53)58-39(48)33-29-25-21-18-17-19-23-27-31-36(46)30-26-22-10-8-6-4-2/h6,8,12-13,18-19,21-23,26-27,31,36-37,40-46,49-53H,3-5,7,9-11,14-17,20,24-25,28-30,32-35H2,1-2H3,(H,54,55)/b8-6-,13-12-,21-18-,23-19-,26-22-,31-27+/t36?,37-,40?,41-,42+,43-,44-,45?/m1/s1. The van der Waals surface area contributed by atoms with Gasteiger partial charge < -0.3 is 45.0 Å². The third-order valence-electron chi connectivity index (χ3n) is 9.61. The van der Waals surface area contributed by atoms with Crippen LogP contribution in [0.1, 0.15) is 136 Å². The predicted molar refractivity (Wildman–Crippen MR) is 231 cm³/mol. The van der Waals surface area contributed by atoms with Gasteiger partial charge in [-0.15, -0.1) is 0 Å². The Morgan fingerprint density at radius 1 is 0.617 bits per heavy atom. The molecule has 0 aromatic rings. The molecule has 60 heavy (non-hydrogen) atoms. The Hall–Kier alpha value is -2.75. The Morgan fingerprint density at radius 3 is 1.85 bits per heavy atom. The van der Waals surface area contributed by atoms with Gasteiger partial charge in [-0.3, -0.25) is 18.6 Å². The molecule has 14 nitrogen and oxygen atoms in total. The second-order valence-electron chi connectivity index (χ2n) is 15.0. The molecule has 0 amide bonds. The van der Waals surface area contributed by atoms with E-state index in [2.05, 4.69) is 38.2 Å². The first-order valence-corrected chi connectivity index (χ1v) is 23.3. The molecule has 1 aliphatic rings. The van der Waals surface area contributed by atoms with Gasteiger partial charge in [0.15, 0.2) is 6.10 Å². The van der Waals surface area contributed by atoms with E-state index in [1.165, 1.54) is 25.7 Å². The lowest BCUT2D eigenvalue weighted by Crippen LogP contribution is -2.64. The summed E-state index contributed by atoms with van der Waals surface area (Å²) in [6.07, 6.45) is 25.6. The van der Waals surface area contributed by atoms with Crippen molar-refractivity contribution in [2.45, 2.75) is 185 Å². The summed E-state index contributed by atoms with van der Waals surface area (Å²) in [5, 5.41) is 60.1. The molecule has 0 saturated heterocycles. The fourth-order valence-electron chi connectivity index (χ4n) is 6.05. The van der Waals surface area contributed by atoms with Gasteiger partial charge in [-0.25, -0.2) is 4.57 Å². The van der Waals surface area contributed by atoms with Crippen LogP contribution in [0.25, 0.3) is 0 Å². The maximum atomic E-state index is 12.8. The number of phosphoric ester groups is 1. The summed E-state index contributed by atoms with van der Waals surface area (Å²) in [4.78, 5) is 35.6. The van der Waals surface area contributed by atoms with Crippen LogP contribution in [0.15, 0.2) is 72.9 Å². The van der Waals surface area contributed by atoms with E-state index in [-0.39, 0.29) is 12.8 Å². The highest BCUT2D eigenvalue weighted by Crippen LogP contribution is 2.47. The lowest BCUT2D eigenvalue weighted by molar-refractivity contribution is -0.220. The van der Waals surface area contributed by atoms with Crippen molar-refractivity contribution >= 4 is 19.8 Å². The monoisotopic (exact) mass is 870 g/mol. The zero-order valence-electron chi connectivity index (χ0n) is 35.8. The molecule has 15 heteroatoms. The molecule has 1 fully saturated rings. The largest absolute Gasteiger partial charge is 0.472 e. The number of unbranched alkanes of at least 4 members (excludes halogenated alkanes) is 10. The van der Waals surface area contributed by atoms with E-state index in [1.54, 1.807) is 12.2 Å². The maximum Gasteiger partial charge on any atom is 0.472 e. The number of ether oxygens (including phenoxy) is 2. The summed E-state index contributed by atoms with van der Waals surface area (Å²) < 4.78 is 33.3. The molecule has 4 unspecified atom stereocenters. The zero-order chi connectivity index (χ0) is 44.4. The maximum absolute atomic E-state index is 12.8. The second kappa shape index (κ2) is 34.8. The van der Waals surface area contributed by atoms with Crippen LogP contribution >= 0.6 is 7.82 Å². The van der Waals surface area contributed by atoms with Crippen molar-refractivity contribution in [1.29, 1.82) is 0 Å². The van der Waals surface area contributed by atoms with Gasteiger partial charge in [0.1, 0.15) is 43.2 Å². The van der Waals surface area contributed by atoms with Crippen LogP contribution in [-0.2, 0) is 32.7 Å².